The number of hydrogen-bond donors (Lipinski definition) is 2. The number of carbonyl (C=O) groups is 2. The molecule has 0 spiro atoms. The second-order valence-electron chi connectivity index (χ2n) is 4.28. The molecule has 2 N–H and O–H groups in total. The third kappa shape index (κ3) is 31.8. The van der Waals surface area contributed by atoms with Crippen LogP contribution < -0.4 is 18.9 Å². The van der Waals surface area contributed by atoms with E-state index in [1.807, 2.05) is 0 Å². The van der Waals surface area contributed by atoms with Gasteiger partial charge in [-0.05, 0) is 0 Å². The quantitative estimate of drug-likeness (QED) is 0.267. The van der Waals surface area contributed by atoms with Crippen LogP contribution in [-0.4, -0.2) is 22.2 Å². The fourth-order valence-electron chi connectivity index (χ4n) is 1.43. The van der Waals surface area contributed by atoms with Crippen LogP contribution in [0.25, 0.3) is 0 Å². The Labute approximate surface area is 129 Å². The molecule has 0 radical (unpaired) electrons. The van der Waals surface area contributed by atoms with Crippen LogP contribution in [0.4, 0.5) is 0 Å². The molecular formula is C14H27LiO4. The van der Waals surface area contributed by atoms with Gasteiger partial charge in [-0.15, -0.1) is 0 Å². The minimum absolute atomic E-state index is 0. The first kappa shape index (κ1) is 23.6. The molecule has 0 bridgehead atoms. The van der Waals surface area contributed by atoms with E-state index in [1.54, 1.807) is 0 Å². The van der Waals surface area contributed by atoms with E-state index in [0.717, 1.165) is 0 Å². The summed E-state index contributed by atoms with van der Waals surface area (Å²) < 4.78 is 0. The zero-order chi connectivity index (χ0) is 14.2. The maximum atomic E-state index is 9.43. The molecular weight excluding hydrogens is 239 g/mol. The van der Waals surface area contributed by atoms with Crippen LogP contribution in [-0.2, 0) is 9.59 Å². The zero-order valence-corrected chi connectivity index (χ0v) is 12.7. The van der Waals surface area contributed by atoms with Crippen LogP contribution in [0.15, 0.2) is 0 Å². The zero-order valence-electron chi connectivity index (χ0n) is 12.7. The fraction of sp³-hybridized carbons (Fsp3) is 0.786. The molecule has 19 heavy (non-hydrogen) atoms. The summed E-state index contributed by atoms with van der Waals surface area (Å²) in [5, 5.41) is 15.4. The predicted octanol–water partition coefficient (Wildman–Crippen LogP) is 0.901. The Morgan fingerprint density at radius 3 is 1.63 bits per heavy atom. The summed E-state index contributed by atoms with van der Waals surface area (Å²) in [6.45, 7) is 4.42. The molecule has 4 nitrogen and oxygen atoms in total. The number of carboxylic acid groups (broad SMARTS) is 2. The fourth-order valence-corrected chi connectivity index (χ4v) is 1.43. The topological polar surface area (TPSA) is 74.6 Å². The molecule has 0 saturated heterocycles. The molecule has 0 atom stereocenters. The van der Waals surface area contributed by atoms with E-state index in [1.165, 1.54) is 51.4 Å². The summed E-state index contributed by atoms with van der Waals surface area (Å²) >= 11 is 0. The van der Waals surface area contributed by atoms with Crippen molar-refractivity contribution in [2.45, 2.75) is 71.6 Å². The SMILES string of the molecule is C[CH-]CCCCCCCCC.O=C(O)CC(=O)O.[Li+]. The molecule has 0 saturated carbocycles. The molecule has 5 heteroatoms. The van der Waals surface area contributed by atoms with Gasteiger partial charge in [0, 0.05) is 0 Å². The maximum Gasteiger partial charge on any atom is 1.00 e. The summed E-state index contributed by atoms with van der Waals surface area (Å²) in [7, 11) is 0. The van der Waals surface area contributed by atoms with Crippen molar-refractivity contribution in [1.82, 2.24) is 0 Å². The molecule has 0 unspecified atom stereocenters. The Morgan fingerprint density at radius 2 is 1.32 bits per heavy atom. The van der Waals surface area contributed by atoms with Gasteiger partial charge in [0.15, 0.2) is 0 Å². The standard InChI is InChI=1S/C11H23.C3H4O4.Li/c1-3-5-7-9-11-10-8-6-4-2;4-2(5)1-3(6)7;/h3H,4-11H2,1-2H3;1H2,(H,4,5)(H,6,7);/q-1;;+1. The van der Waals surface area contributed by atoms with E-state index in [0.29, 0.717) is 0 Å². The van der Waals surface area contributed by atoms with Crippen LogP contribution in [0.3, 0.4) is 0 Å². The number of rotatable bonds is 10. The van der Waals surface area contributed by atoms with E-state index in [2.05, 4.69) is 20.3 Å². The average Bonchev–Trinajstić information content (AvgIpc) is 2.27. The number of carboxylic acids is 2. The van der Waals surface area contributed by atoms with Crippen LogP contribution in [0.1, 0.15) is 71.6 Å². The van der Waals surface area contributed by atoms with Crippen LogP contribution in [0.2, 0.25) is 0 Å². The van der Waals surface area contributed by atoms with Crippen molar-refractivity contribution < 1.29 is 38.7 Å². The van der Waals surface area contributed by atoms with Crippen molar-refractivity contribution in [3.8, 4) is 0 Å². The summed E-state index contributed by atoms with van der Waals surface area (Å²) in [6.07, 6.45) is 12.8. The molecule has 0 rings (SSSR count). The molecule has 0 aromatic carbocycles. The molecule has 0 aromatic heterocycles. The first-order valence-corrected chi connectivity index (χ1v) is 6.76. The van der Waals surface area contributed by atoms with Crippen molar-refractivity contribution in [1.29, 1.82) is 0 Å². The van der Waals surface area contributed by atoms with Gasteiger partial charge in [0.25, 0.3) is 0 Å². The van der Waals surface area contributed by atoms with Crippen molar-refractivity contribution in [2.24, 2.45) is 0 Å². The third-order valence-electron chi connectivity index (χ3n) is 2.40. The van der Waals surface area contributed by atoms with E-state index < -0.39 is 18.4 Å². The minimum atomic E-state index is -1.31. The second kappa shape index (κ2) is 19.9. The second-order valence-corrected chi connectivity index (χ2v) is 4.28. The van der Waals surface area contributed by atoms with Crippen LogP contribution in [0, 0.1) is 6.42 Å². The van der Waals surface area contributed by atoms with Gasteiger partial charge in [0.1, 0.15) is 6.42 Å². The summed E-state index contributed by atoms with van der Waals surface area (Å²) in [6, 6.07) is 0. The van der Waals surface area contributed by atoms with Gasteiger partial charge in [-0.3, -0.25) is 9.59 Å². The molecule has 0 aliphatic carbocycles. The van der Waals surface area contributed by atoms with Gasteiger partial charge < -0.3 is 16.6 Å². The molecule has 0 fully saturated rings. The van der Waals surface area contributed by atoms with Gasteiger partial charge in [-0.1, -0.05) is 51.9 Å². The Kier molecular flexibility index (Phi) is 24.7. The Hall–Kier alpha value is -0.463. The monoisotopic (exact) mass is 266 g/mol. The van der Waals surface area contributed by atoms with Crippen molar-refractivity contribution in [2.75, 3.05) is 0 Å². The van der Waals surface area contributed by atoms with Crippen molar-refractivity contribution in [3.05, 3.63) is 6.42 Å². The average molecular weight is 266 g/mol. The van der Waals surface area contributed by atoms with Gasteiger partial charge in [-0.25, -0.2) is 0 Å². The smallest absolute Gasteiger partial charge is 0.481 e. The minimum Gasteiger partial charge on any atom is -0.481 e. The van der Waals surface area contributed by atoms with Crippen LogP contribution >= 0.6 is 0 Å². The third-order valence-corrected chi connectivity index (χ3v) is 2.40. The molecule has 0 heterocycles. The summed E-state index contributed by atoms with van der Waals surface area (Å²) in [4.78, 5) is 18.9. The maximum absolute atomic E-state index is 9.43. The van der Waals surface area contributed by atoms with Gasteiger partial charge in [0.2, 0.25) is 0 Å². The molecule has 0 amide bonds. The first-order chi connectivity index (χ1) is 8.54. The van der Waals surface area contributed by atoms with Crippen LogP contribution in [0.5, 0.6) is 0 Å². The van der Waals surface area contributed by atoms with Gasteiger partial charge in [0.05, 0.1) is 0 Å². The summed E-state index contributed by atoms with van der Waals surface area (Å²) in [5.74, 6) is -2.62. The largest absolute Gasteiger partial charge is 1.00 e. The van der Waals surface area contributed by atoms with E-state index in [-0.39, 0.29) is 18.9 Å². The first-order valence-electron chi connectivity index (χ1n) is 6.76. The van der Waals surface area contributed by atoms with Crippen molar-refractivity contribution >= 4 is 11.9 Å². The Balaban J connectivity index is -0.000000280. The number of unbranched alkanes of at least 4 members (excludes halogenated alkanes) is 8. The van der Waals surface area contributed by atoms with Crippen molar-refractivity contribution in [3.63, 3.8) is 0 Å². The van der Waals surface area contributed by atoms with Gasteiger partial charge in [-0.2, -0.15) is 13.3 Å². The van der Waals surface area contributed by atoms with E-state index in [4.69, 9.17) is 10.2 Å². The predicted molar refractivity (Wildman–Crippen MR) is 72.5 cm³/mol. The van der Waals surface area contributed by atoms with Gasteiger partial charge >= 0.3 is 30.8 Å². The summed E-state index contributed by atoms with van der Waals surface area (Å²) in [5.41, 5.74) is 0. The molecule has 0 aliphatic rings. The normalized spacial score (nSPS) is 8.95. The Morgan fingerprint density at radius 1 is 0.895 bits per heavy atom. The van der Waals surface area contributed by atoms with E-state index in [9.17, 15) is 9.59 Å². The Bertz CT molecular complexity index is 188. The number of hydrogen-bond acceptors (Lipinski definition) is 2. The molecule has 108 valence electrons. The number of aliphatic carboxylic acids is 2. The molecule has 0 aromatic rings. The van der Waals surface area contributed by atoms with E-state index >= 15 is 0 Å². The molecule has 0 aliphatic heterocycles.